The summed E-state index contributed by atoms with van der Waals surface area (Å²) in [6.45, 7) is 1.60. The lowest BCUT2D eigenvalue weighted by atomic mass is 10.0. The molecule has 0 amide bonds. The van der Waals surface area contributed by atoms with Gasteiger partial charge in [-0.2, -0.15) is 0 Å². The topological polar surface area (TPSA) is 61.8 Å². The molecule has 3 rings (SSSR count). The van der Waals surface area contributed by atoms with Crippen molar-refractivity contribution in [3.8, 4) is 11.5 Å². The largest absolute Gasteiger partial charge is 0.482 e. The van der Waals surface area contributed by atoms with Crippen LogP contribution in [0.15, 0.2) is 48.2 Å². The van der Waals surface area contributed by atoms with E-state index in [1.807, 2.05) is 30.3 Å². The van der Waals surface area contributed by atoms with Crippen molar-refractivity contribution in [2.75, 3.05) is 13.7 Å². The minimum absolute atomic E-state index is 0.161. The van der Waals surface area contributed by atoms with Gasteiger partial charge in [-0.25, -0.2) is 4.79 Å². The van der Waals surface area contributed by atoms with Gasteiger partial charge in [0.05, 0.1) is 12.7 Å². The van der Waals surface area contributed by atoms with Crippen molar-refractivity contribution in [3.05, 3.63) is 64.9 Å². The fourth-order valence-corrected chi connectivity index (χ4v) is 2.46. The first-order valence-corrected chi connectivity index (χ1v) is 7.42. The molecule has 0 saturated carbocycles. The number of carbonyl (C=O) groups is 2. The SMILES string of the molecule is COC(=O)COc1cc(C)c2c(c1)O/C(=C\c1ccccc1)C2=O. The lowest BCUT2D eigenvalue weighted by Gasteiger charge is -2.08. The molecule has 2 aromatic carbocycles. The third-order valence-corrected chi connectivity index (χ3v) is 3.63. The number of rotatable bonds is 4. The molecular formula is C19H16O5. The molecule has 1 heterocycles. The van der Waals surface area contributed by atoms with Gasteiger partial charge in [0.25, 0.3) is 0 Å². The number of esters is 1. The number of methoxy groups -OCH3 is 1. The van der Waals surface area contributed by atoms with Gasteiger partial charge >= 0.3 is 5.97 Å². The van der Waals surface area contributed by atoms with Crippen LogP contribution in [0.5, 0.6) is 11.5 Å². The molecule has 0 N–H and O–H groups in total. The van der Waals surface area contributed by atoms with E-state index >= 15 is 0 Å². The molecule has 0 aliphatic carbocycles. The molecule has 0 aromatic heterocycles. The highest BCUT2D eigenvalue weighted by Crippen LogP contribution is 2.37. The Morgan fingerprint density at radius 1 is 1.21 bits per heavy atom. The molecule has 24 heavy (non-hydrogen) atoms. The van der Waals surface area contributed by atoms with Crippen LogP contribution in [0.25, 0.3) is 6.08 Å². The zero-order valence-corrected chi connectivity index (χ0v) is 13.4. The molecule has 0 unspecified atom stereocenters. The second kappa shape index (κ2) is 6.58. The molecule has 5 nitrogen and oxygen atoms in total. The lowest BCUT2D eigenvalue weighted by Crippen LogP contribution is -2.12. The molecule has 0 saturated heterocycles. The van der Waals surface area contributed by atoms with Gasteiger partial charge in [-0.05, 0) is 30.2 Å². The van der Waals surface area contributed by atoms with Crippen LogP contribution in [0.3, 0.4) is 0 Å². The summed E-state index contributed by atoms with van der Waals surface area (Å²) in [5.41, 5.74) is 2.13. The maximum Gasteiger partial charge on any atom is 0.343 e. The Kier molecular flexibility index (Phi) is 4.33. The maximum atomic E-state index is 12.5. The third-order valence-electron chi connectivity index (χ3n) is 3.63. The summed E-state index contributed by atoms with van der Waals surface area (Å²) in [7, 11) is 1.29. The van der Waals surface area contributed by atoms with E-state index < -0.39 is 5.97 Å². The summed E-state index contributed by atoms with van der Waals surface area (Å²) in [6.07, 6.45) is 1.71. The van der Waals surface area contributed by atoms with E-state index in [1.54, 1.807) is 25.1 Å². The number of benzene rings is 2. The standard InChI is InChI=1S/C19H16O5/c1-12-8-14(23-11-17(20)22-2)10-15-18(12)19(21)16(24-15)9-13-6-4-3-5-7-13/h3-10H,11H2,1-2H3/b16-9-. The van der Waals surface area contributed by atoms with Crippen LogP contribution in [0, 0.1) is 6.92 Å². The van der Waals surface area contributed by atoms with Crippen molar-refractivity contribution in [3.63, 3.8) is 0 Å². The average Bonchev–Trinajstić information content (AvgIpc) is 2.89. The molecular weight excluding hydrogens is 308 g/mol. The van der Waals surface area contributed by atoms with E-state index in [1.165, 1.54) is 7.11 Å². The summed E-state index contributed by atoms with van der Waals surface area (Å²) in [5, 5.41) is 0. The van der Waals surface area contributed by atoms with Crippen molar-refractivity contribution >= 4 is 17.8 Å². The van der Waals surface area contributed by atoms with Crippen LogP contribution in [-0.2, 0) is 9.53 Å². The Hall–Kier alpha value is -3.08. The second-order valence-electron chi connectivity index (χ2n) is 5.33. The van der Waals surface area contributed by atoms with Crippen LogP contribution < -0.4 is 9.47 Å². The van der Waals surface area contributed by atoms with Gasteiger partial charge in [0.1, 0.15) is 11.5 Å². The average molecular weight is 324 g/mol. The van der Waals surface area contributed by atoms with E-state index in [0.717, 1.165) is 11.1 Å². The van der Waals surface area contributed by atoms with Gasteiger partial charge in [-0.3, -0.25) is 4.79 Å². The van der Waals surface area contributed by atoms with Gasteiger partial charge in [0.15, 0.2) is 12.4 Å². The first-order valence-electron chi connectivity index (χ1n) is 7.42. The Balaban J connectivity index is 1.87. The molecule has 1 aliphatic heterocycles. The lowest BCUT2D eigenvalue weighted by molar-refractivity contribution is -0.142. The Morgan fingerprint density at radius 3 is 2.67 bits per heavy atom. The number of ketones is 1. The maximum absolute atomic E-state index is 12.5. The summed E-state index contributed by atoms with van der Waals surface area (Å²) in [4.78, 5) is 23.7. The highest BCUT2D eigenvalue weighted by Gasteiger charge is 2.30. The van der Waals surface area contributed by atoms with E-state index in [4.69, 9.17) is 9.47 Å². The van der Waals surface area contributed by atoms with Crippen molar-refractivity contribution in [1.29, 1.82) is 0 Å². The molecule has 1 aliphatic rings. The zero-order valence-electron chi connectivity index (χ0n) is 13.4. The minimum atomic E-state index is -0.477. The number of allylic oxidation sites excluding steroid dienone is 1. The quantitative estimate of drug-likeness (QED) is 0.638. The van der Waals surface area contributed by atoms with Gasteiger partial charge < -0.3 is 14.2 Å². The number of carbonyl (C=O) groups excluding carboxylic acids is 2. The van der Waals surface area contributed by atoms with Crippen molar-refractivity contribution in [1.82, 2.24) is 0 Å². The molecule has 0 radical (unpaired) electrons. The number of hydrogen-bond acceptors (Lipinski definition) is 5. The number of aryl methyl sites for hydroxylation is 1. The van der Waals surface area contributed by atoms with E-state index in [-0.39, 0.29) is 18.1 Å². The highest BCUT2D eigenvalue weighted by molar-refractivity contribution is 6.15. The third kappa shape index (κ3) is 3.15. The van der Waals surface area contributed by atoms with Gasteiger partial charge in [-0.15, -0.1) is 0 Å². The van der Waals surface area contributed by atoms with Crippen molar-refractivity contribution in [2.45, 2.75) is 6.92 Å². The zero-order chi connectivity index (χ0) is 17.1. The number of Topliss-reactive ketones (excluding diaryl/α,β-unsaturated/α-hetero) is 1. The molecule has 2 aromatic rings. The van der Waals surface area contributed by atoms with Crippen LogP contribution in [0.4, 0.5) is 0 Å². The van der Waals surface area contributed by atoms with Crippen LogP contribution in [0.2, 0.25) is 0 Å². The van der Waals surface area contributed by atoms with Crippen LogP contribution >= 0.6 is 0 Å². The Labute approximate surface area is 139 Å². The Bertz CT molecular complexity index is 821. The second-order valence-corrected chi connectivity index (χ2v) is 5.33. The first-order chi connectivity index (χ1) is 11.6. The number of hydrogen-bond donors (Lipinski definition) is 0. The van der Waals surface area contributed by atoms with Crippen molar-refractivity contribution < 1.29 is 23.8 Å². The highest BCUT2D eigenvalue weighted by atomic mass is 16.6. The fourth-order valence-electron chi connectivity index (χ4n) is 2.46. The van der Waals surface area contributed by atoms with E-state index in [0.29, 0.717) is 17.1 Å². The summed E-state index contributed by atoms with van der Waals surface area (Å²) < 4.78 is 15.6. The first kappa shape index (κ1) is 15.8. The number of ether oxygens (including phenoxy) is 3. The molecule has 5 heteroatoms. The van der Waals surface area contributed by atoms with Crippen LogP contribution in [0.1, 0.15) is 21.5 Å². The predicted octanol–water partition coefficient (Wildman–Crippen LogP) is 3.16. The molecule has 122 valence electrons. The van der Waals surface area contributed by atoms with Crippen molar-refractivity contribution in [2.24, 2.45) is 0 Å². The molecule has 0 atom stereocenters. The van der Waals surface area contributed by atoms with Gasteiger partial charge in [0.2, 0.25) is 5.78 Å². The molecule has 0 fully saturated rings. The van der Waals surface area contributed by atoms with Gasteiger partial charge in [0, 0.05) is 6.07 Å². The van der Waals surface area contributed by atoms with E-state index in [9.17, 15) is 9.59 Å². The summed E-state index contributed by atoms with van der Waals surface area (Å²) in [6, 6.07) is 12.8. The summed E-state index contributed by atoms with van der Waals surface area (Å²) >= 11 is 0. The van der Waals surface area contributed by atoms with Gasteiger partial charge in [-0.1, -0.05) is 30.3 Å². The monoisotopic (exact) mass is 324 g/mol. The van der Waals surface area contributed by atoms with Crippen LogP contribution in [-0.4, -0.2) is 25.5 Å². The Morgan fingerprint density at radius 2 is 1.96 bits per heavy atom. The number of fused-ring (bicyclic) bond motifs is 1. The predicted molar refractivity (Wildman–Crippen MR) is 88.1 cm³/mol. The normalized spacial score (nSPS) is 14.2. The van der Waals surface area contributed by atoms with E-state index in [2.05, 4.69) is 4.74 Å². The smallest absolute Gasteiger partial charge is 0.343 e. The molecule has 0 bridgehead atoms. The fraction of sp³-hybridized carbons (Fsp3) is 0.158. The molecule has 0 spiro atoms. The summed E-state index contributed by atoms with van der Waals surface area (Å²) in [5.74, 6) is 0.512. The minimum Gasteiger partial charge on any atom is -0.482 e.